The quantitative estimate of drug-likeness (QED) is 0.577. The summed E-state index contributed by atoms with van der Waals surface area (Å²) >= 11 is 1.17. The van der Waals surface area contributed by atoms with Gasteiger partial charge in [0.05, 0.1) is 16.6 Å². The normalized spacial score (nSPS) is 18.5. The van der Waals surface area contributed by atoms with Crippen molar-refractivity contribution in [2.24, 2.45) is 5.92 Å². The van der Waals surface area contributed by atoms with Gasteiger partial charge in [0.15, 0.2) is 0 Å². The number of aromatic nitrogens is 2. The Kier molecular flexibility index (Phi) is 6.41. The van der Waals surface area contributed by atoms with Crippen LogP contribution in [-0.4, -0.2) is 27.5 Å². The molecule has 0 spiro atoms. The van der Waals surface area contributed by atoms with Gasteiger partial charge in [0.1, 0.15) is 17.5 Å². The summed E-state index contributed by atoms with van der Waals surface area (Å²) in [5, 5.41) is 3.27. The average molecular weight is 454 g/mol. The molecule has 32 heavy (non-hydrogen) atoms. The van der Waals surface area contributed by atoms with Gasteiger partial charge >= 0.3 is 5.97 Å². The maximum absolute atomic E-state index is 13.1. The third-order valence-electron chi connectivity index (χ3n) is 6.08. The Morgan fingerprint density at radius 3 is 2.62 bits per heavy atom. The van der Waals surface area contributed by atoms with Gasteiger partial charge in [-0.1, -0.05) is 25.1 Å². The number of amides is 1. The summed E-state index contributed by atoms with van der Waals surface area (Å²) in [6.45, 7) is 5.67. The van der Waals surface area contributed by atoms with E-state index in [-0.39, 0.29) is 24.1 Å². The molecule has 7 nitrogen and oxygen atoms in total. The number of rotatable bonds is 5. The molecule has 3 aromatic rings. The van der Waals surface area contributed by atoms with E-state index in [1.165, 1.54) is 22.2 Å². The van der Waals surface area contributed by atoms with Crippen molar-refractivity contribution in [2.45, 2.75) is 59.1 Å². The molecule has 1 amide bonds. The Morgan fingerprint density at radius 1 is 1.19 bits per heavy atom. The number of hydrogen-bond donors (Lipinski definition) is 1. The standard InChI is InChI=1S/C24H27N3O4S/c1-14-8-10-17(11-9-14)31-19(28)12-27-13-25-23-20(24(27)30)16(3)21(32-23)22(29)26-18-7-5-4-6-15(18)2/h4-7,13-14,17H,8-12H2,1-3H3,(H,26,29). The highest BCUT2D eigenvalue weighted by molar-refractivity contribution is 7.20. The van der Waals surface area contributed by atoms with Crippen molar-refractivity contribution in [3.8, 4) is 0 Å². The molecule has 168 valence electrons. The molecule has 4 rings (SSSR count). The van der Waals surface area contributed by atoms with Gasteiger partial charge in [-0.05, 0) is 62.6 Å². The number of carbonyl (C=O) groups is 2. The van der Waals surface area contributed by atoms with E-state index in [4.69, 9.17) is 4.74 Å². The van der Waals surface area contributed by atoms with Crippen LogP contribution >= 0.6 is 11.3 Å². The second-order valence-corrected chi connectivity index (χ2v) is 9.55. The van der Waals surface area contributed by atoms with Crippen molar-refractivity contribution in [2.75, 3.05) is 5.32 Å². The maximum Gasteiger partial charge on any atom is 0.326 e. The summed E-state index contributed by atoms with van der Waals surface area (Å²) in [7, 11) is 0. The van der Waals surface area contributed by atoms with Gasteiger partial charge in [-0.2, -0.15) is 0 Å². The van der Waals surface area contributed by atoms with E-state index in [1.54, 1.807) is 6.92 Å². The Hall–Kier alpha value is -3.00. The summed E-state index contributed by atoms with van der Waals surface area (Å²) in [5.74, 6) is -0.0483. The number of fused-ring (bicyclic) bond motifs is 1. The molecule has 0 aliphatic heterocycles. The summed E-state index contributed by atoms with van der Waals surface area (Å²) in [4.78, 5) is 43.6. The molecule has 1 saturated carbocycles. The third-order valence-corrected chi connectivity index (χ3v) is 7.28. The fourth-order valence-corrected chi connectivity index (χ4v) is 5.12. The number of thiophene rings is 1. The number of nitrogens with one attached hydrogen (secondary N) is 1. The molecule has 2 heterocycles. The van der Waals surface area contributed by atoms with E-state index >= 15 is 0 Å². The minimum absolute atomic E-state index is 0.0780. The van der Waals surface area contributed by atoms with Crippen molar-refractivity contribution in [1.29, 1.82) is 0 Å². The fraction of sp³-hybridized carbons (Fsp3) is 0.417. The van der Waals surface area contributed by atoms with Gasteiger partial charge in [-0.25, -0.2) is 4.98 Å². The van der Waals surface area contributed by atoms with Crippen LogP contribution in [0, 0.1) is 19.8 Å². The Morgan fingerprint density at radius 2 is 1.91 bits per heavy atom. The molecule has 0 radical (unpaired) electrons. The number of aryl methyl sites for hydroxylation is 2. The molecule has 1 aliphatic carbocycles. The van der Waals surface area contributed by atoms with E-state index in [0.29, 0.717) is 26.6 Å². The maximum atomic E-state index is 13.1. The van der Waals surface area contributed by atoms with E-state index in [9.17, 15) is 14.4 Å². The number of nitrogens with zero attached hydrogens (tertiary/aromatic N) is 2. The van der Waals surface area contributed by atoms with Gasteiger partial charge in [0.2, 0.25) is 0 Å². The lowest BCUT2D eigenvalue weighted by molar-refractivity contribution is -0.151. The number of para-hydroxylation sites is 1. The zero-order valence-corrected chi connectivity index (χ0v) is 19.3. The number of carbonyl (C=O) groups excluding carboxylic acids is 2. The minimum atomic E-state index is -0.432. The Bertz CT molecular complexity index is 1220. The van der Waals surface area contributed by atoms with E-state index < -0.39 is 5.97 Å². The Balaban J connectivity index is 1.53. The van der Waals surface area contributed by atoms with Crippen molar-refractivity contribution in [3.63, 3.8) is 0 Å². The zero-order valence-electron chi connectivity index (χ0n) is 18.5. The summed E-state index contributed by atoms with van der Waals surface area (Å²) in [6, 6.07) is 7.51. The average Bonchev–Trinajstić information content (AvgIpc) is 3.11. The monoisotopic (exact) mass is 453 g/mol. The van der Waals surface area contributed by atoms with Crippen LogP contribution in [0.5, 0.6) is 0 Å². The molecule has 8 heteroatoms. The topological polar surface area (TPSA) is 90.3 Å². The summed E-state index contributed by atoms with van der Waals surface area (Å²) in [5.41, 5.74) is 1.90. The molecular weight excluding hydrogens is 426 g/mol. The molecule has 1 aliphatic rings. The number of benzene rings is 1. The third kappa shape index (κ3) is 4.60. The minimum Gasteiger partial charge on any atom is -0.461 e. The fourth-order valence-electron chi connectivity index (χ4n) is 4.09. The number of anilines is 1. The smallest absolute Gasteiger partial charge is 0.326 e. The van der Waals surface area contributed by atoms with Crippen LogP contribution in [0.4, 0.5) is 5.69 Å². The highest BCUT2D eigenvalue weighted by Gasteiger charge is 2.23. The first kappa shape index (κ1) is 22.2. The second kappa shape index (κ2) is 9.24. The predicted octanol–water partition coefficient (Wildman–Crippen LogP) is 4.45. The van der Waals surface area contributed by atoms with Gasteiger partial charge in [-0.3, -0.25) is 19.0 Å². The first-order chi connectivity index (χ1) is 15.3. The molecule has 1 fully saturated rings. The SMILES string of the molecule is Cc1ccccc1NC(=O)c1sc2ncn(CC(=O)OC3CCC(C)CC3)c(=O)c2c1C. The lowest BCUT2D eigenvalue weighted by atomic mass is 9.89. The molecule has 0 atom stereocenters. The molecule has 1 N–H and O–H groups in total. The molecule has 1 aromatic carbocycles. The highest BCUT2D eigenvalue weighted by Crippen LogP contribution is 2.28. The van der Waals surface area contributed by atoms with Crippen molar-refractivity contribution in [3.05, 3.63) is 57.0 Å². The first-order valence-corrected chi connectivity index (χ1v) is 11.7. The van der Waals surface area contributed by atoms with Crippen LogP contribution in [0.15, 0.2) is 35.4 Å². The van der Waals surface area contributed by atoms with Crippen LogP contribution in [0.2, 0.25) is 0 Å². The van der Waals surface area contributed by atoms with Gasteiger partial charge in [-0.15, -0.1) is 11.3 Å². The van der Waals surface area contributed by atoms with Crippen molar-refractivity contribution in [1.82, 2.24) is 9.55 Å². The van der Waals surface area contributed by atoms with Crippen LogP contribution in [0.3, 0.4) is 0 Å². The lowest BCUT2D eigenvalue weighted by Crippen LogP contribution is -2.29. The van der Waals surface area contributed by atoms with Crippen LogP contribution in [-0.2, 0) is 16.1 Å². The molecule has 0 saturated heterocycles. The number of esters is 1. The van der Waals surface area contributed by atoms with Crippen molar-refractivity contribution >= 4 is 39.1 Å². The number of hydrogen-bond acceptors (Lipinski definition) is 6. The van der Waals surface area contributed by atoms with Gasteiger partial charge < -0.3 is 10.1 Å². The second-order valence-electron chi connectivity index (χ2n) is 8.55. The highest BCUT2D eigenvalue weighted by atomic mass is 32.1. The Labute approximate surface area is 190 Å². The molecule has 0 unspecified atom stereocenters. The van der Waals surface area contributed by atoms with Crippen LogP contribution in [0.25, 0.3) is 10.2 Å². The van der Waals surface area contributed by atoms with Crippen molar-refractivity contribution < 1.29 is 14.3 Å². The van der Waals surface area contributed by atoms with Gasteiger partial charge in [0.25, 0.3) is 11.5 Å². The first-order valence-electron chi connectivity index (χ1n) is 10.9. The molecule has 0 bridgehead atoms. The largest absolute Gasteiger partial charge is 0.461 e. The summed E-state index contributed by atoms with van der Waals surface area (Å²) < 4.78 is 6.84. The lowest BCUT2D eigenvalue weighted by Gasteiger charge is -2.26. The van der Waals surface area contributed by atoms with E-state index in [1.807, 2.05) is 31.2 Å². The summed E-state index contributed by atoms with van der Waals surface area (Å²) in [6.07, 6.45) is 5.10. The van der Waals surface area contributed by atoms with Crippen LogP contribution in [0.1, 0.15) is 53.4 Å². The van der Waals surface area contributed by atoms with E-state index in [0.717, 1.165) is 36.9 Å². The zero-order chi connectivity index (χ0) is 22.8. The van der Waals surface area contributed by atoms with E-state index in [2.05, 4.69) is 17.2 Å². The number of ether oxygens (including phenoxy) is 1. The molecule has 2 aromatic heterocycles. The van der Waals surface area contributed by atoms with Gasteiger partial charge in [0, 0.05) is 5.69 Å². The molecular formula is C24H27N3O4S. The van der Waals surface area contributed by atoms with Crippen LogP contribution < -0.4 is 10.9 Å². The predicted molar refractivity (Wildman–Crippen MR) is 125 cm³/mol.